The molecule has 3 rings (SSSR count). The van der Waals surface area contributed by atoms with Crippen LogP contribution in [0.4, 0.5) is 23.7 Å². The van der Waals surface area contributed by atoms with Crippen LogP contribution in [-0.2, 0) is 13.1 Å². The first-order valence-electron chi connectivity index (χ1n) is 7.48. The second-order valence-electron chi connectivity index (χ2n) is 5.65. The molecule has 0 radical (unpaired) electrons. The lowest BCUT2D eigenvalue weighted by atomic mass is 10.1. The molecule has 2 aromatic carbocycles. The van der Waals surface area contributed by atoms with Gasteiger partial charge < -0.3 is 15.2 Å². The van der Waals surface area contributed by atoms with E-state index in [1.807, 2.05) is 0 Å². The van der Waals surface area contributed by atoms with Gasteiger partial charge in [-0.25, -0.2) is 4.79 Å². The van der Waals surface area contributed by atoms with Crippen molar-refractivity contribution < 1.29 is 32.6 Å². The lowest BCUT2D eigenvalue weighted by Gasteiger charge is -2.10. The lowest BCUT2D eigenvalue weighted by Crippen LogP contribution is -2.22. The number of nitrogens with zero attached hydrogens (tertiary/aromatic N) is 1. The number of alkyl halides is 3. The fourth-order valence-corrected chi connectivity index (χ4v) is 2.62. The average Bonchev–Trinajstić information content (AvgIpc) is 2.97. The van der Waals surface area contributed by atoms with E-state index in [-0.39, 0.29) is 12.1 Å². The van der Waals surface area contributed by atoms with Crippen LogP contribution in [0.1, 0.15) is 21.5 Å². The fraction of sp³-hybridized carbons (Fsp3) is 0.176. The van der Waals surface area contributed by atoms with Gasteiger partial charge in [-0.1, -0.05) is 6.07 Å². The predicted octanol–water partition coefficient (Wildman–Crippen LogP) is 3.83. The highest BCUT2D eigenvalue weighted by Crippen LogP contribution is 2.26. The molecule has 1 heterocycles. The molecule has 0 aromatic heterocycles. The van der Waals surface area contributed by atoms with Gasteiger partial charge in [0.2, 0.25) is 0 Å². The van der Waals surface area contributed by atoms with E-state index in [0.29, 0.717) is 12.2 Å². The quantitative estimate of drug-likeness (QED) is 0.865. The van der Waals surface area contributed by atoms with E-state index in [1.165, 1.54) is 17.0 Å². The van der Waals surface area contributed by atoms with Crippen LogP contribution < -0.4 is 10.1 Å². The Morgan fingerprint density at radius 3 is 2.31 bits per heavy atom. The Bertz CT molecular complexity index is 850. The SMILES string of the molecule is O=C(Nc1ccc2c(c1)CN(C(=O)O)C2)c1ccc(OC(F)(F)F)cc1. The van der Waals surface area contributed by atoms with Gasteiger partial charge in [0.05, 0.1) is 0 Å². The zero-order valence-electron chi connectivity index (χ0n) is 13.2. The van der Waals surface area contributed by atoms with Gasteiger partial charge >= 0.3 is 12.5 Å². The summed E-state index contributed by atoms with van der Waals surface area (Å²) in [5.74, 6) is -0.920. The van der Waals surface area contributed by atoms with E-state index in [2.05, 4.69) is 10.1 Å². The molecule has 1 aliphatic heterocycles. The van der Waals surface area contributed by atoms with Gasteiger partial charge in [-0.3, -0.25) is 9.69 Å². The van der Waals surface area contributed by atoms with Gasteiger partial charge in [-0.2, -0.15) is 0 Å². The molecule has 0 saturated carbocycles. The number of hydrogen-bond acceptors (Lipinski definition) is 3. The minimum Gasteiger partial charge on any atom is -0.465 e. The van der Waals surface area contributed by atoms with Crippen molar-refractivity contribution >= 4 is 17.7 Å². The summed E-state index contributed by atoms with van der Waals surface area (Å²) in [6.45, 7) is 0.525. The third-order valence-corrected chi connectivity index (χ3v) is 3.81. The Balaban J connectivity index is 1.67. The zero-order valence-corrected chi connectivity index (χ0v) is 13.2. The summed E-state index contributed by atoms with van der Waals surface area (Å²) in [7, 11) is 0. The molecule has 2 amide bonds. The van der Waals surface area contributed by atoms with Crippen molar-refractivity contribution in [3.05, 3.63) is 59.2 Å². The Morgan fingerprint density at radius 2 is 1.69 bits per heavy atom. The highest BCUT2D eigenvalue weighted by molar-refractivity contribution is 6.04. The van der Waals surface area contributed by atoms with Gasteiger partial charge in [0, 0.05) is 24.3 Å². The van der Waals surface area contributed by atoms with E-state index in [4.69, 9.17) is 5.11 Å². The molecule has 0 saturated heterocycles. The smallest absolute Gasteiger partial charge is 0.465 e. The van der Waals surface area contributed by atoms with Crippen LogP contribution >= 0.6 is 0 Å². The summed E-state index contributed by atoms with van der Waals surface area (Å²) < 4.78 is 40.1. The standard InChI is InChI=1S/C17H13F3N2O4/c18-17(19,20)26-14-5-2-10(3-6-14)15(23)21-13-4-1-11-8-22(16(24)25)9-12(11)7-13/h1-7H,8-9H2,(H,21,23)(H,24,25). The first-order valence-corrected chi connectivity index (χ1v) is 7.48. The number of nitrogens with one attached hydrogen (secondary N) is 1. The summed E-state index contributed by atoms with van der Waals surface area (Å²) in [5.41, 5.74) is 2.28. The fourth-order valence-electron chi connectivity index (χ4n) is 2.62. The zero-order chi connectivity index (χ0) is 18.9. The molecule has 1 aliphatic rings. The van der Waals surface area contributed by atoms with Gasteiger partial charge in [-0.05, 0) is 47.5 Å². The third kappa shape index (κ3) is 4.05. The van der Waals surface area contributed by atoms with Crippen molar-refractivity contribution in [1.29, 1.82) is 0 Å². The second kappa shape index (κ2) is 6.58. The molecule has 0 fully saturated rings. The van der Waals surface area contributed by atoms with Gasteiger partial charge in [0.15, 0.2) is 0 Å². The van der Waals surface area contributed by atoms with Gasteiger partial charge in [0.1, 0.15) is 5.75 Å². The van der Waals surface area contributed by atoms with Crippen LogP contribution in [0.25, 0.3) is 0 Å². The largest absolute Gasteiger partial charge is 0.573 e. The summed E-state index contributed by atoms with van der Waals surface area (Å²) >= 11 is 0. The molecule has 0 aliphatic carbocycles. The Morgan fingerprint density at radius 1 is 1.04 bits per heavy atom. The number of ether oxygens (including phenoxy) is 1. The molecule has 26 heavy (non-hydrogen) atoms. The van der Waals surface area contributed by atoms with Crippen LogP contribution in [0.15, 0.2) is 42.5 Å². The molecule has 2 aromatic rings. The molecule has 0 bridgehead atoms. The maximum atomic E-state index is 12.2. The third-order valence-electron chi connectivity index (χ3n) is 3.81. The average molecular weight is 366 g/mol. The number of rotatable bonds is 3. The number of halogens is 3. The summed E-state index contributed by atoms with van der Waals surface area (Å²) in [6.07, 6.45) is -5.81. The minimum atomic E-state index is -4.79. The van der Waals surface area contributed by atoms with E-state index in [1.54, 1.807) is 18.2 Å². The summed E-state index contributed by atoms with van der Waals surface area (Å²) in [5, 5.41) is 11.6. The van der Waals surface area contributed by atoms with Crippen LogP contribution in [-0.4, -0.2) is 28.4 Å². The lowest BCUT2D eigenvalue weighted by molar-refractivity contribution is -0.274. The number of fused-ring (bicyclic) bond motifs is 1. The molecule has 0 atom stereocenters. The van der Waals surface area contributed by atoms with Crippen molar-refractivity contribution in [3.63, 3.8) is 0 Å². The maximum Gasteiger partial charge on any atom is 0.573 e. The first-order chi connectivity index (χ1) is 12.2. The van der Waals surface area contributed by atoms with Crippen molar-refractivity contribution in [2.45, 2.75) is 19.5 Å². The summed E-state index contributed by atoms with van der Waals surface area (Å²) in [4.78, 5) is 24.5. The molecular formula is C17H13F3N2O4. The van der Waals surface area contributed by atoms with Crippen molar-refractivity contribution in [2.24, 2.45) is 0 Å². The number of hydrogen-bond donors (Lipinski definition) is 2. The molecule has 6 nitrogen and oxygen atoms in total. The van der Waals surface area contributed by atoms with Crippen LogP contribution in [0.5, 0.6) is 5.75 Å². The monoisotopic (exact) mass is 366 g/mol. The first kappa shape index (κ1) is 17.6. The maximum absolute atomic E-state index is 12.2. The van der Waals surface area contributed by atoms with Gasteiger partial charge in [0.25, 0.3) is 5.91 Å². The van der Waals surface area contributed by atoms with E-state index in [9.17, 15) is 22.8 Å². The van der Waals surface area contributed by atoms with E-state index < -0.39 is 24.1 Å². The van der Waals surface area contributed by atoms with Crippen molar-refractivity contribution in [3.8, 4) is 5.75 Å². The molecular weight excluding hydrogens is 353 g/mol. The summed E-state index contributed by atoms with van der Waals surface area (Å²) in [6, 6.07) is 9.59. The molecule has 0 spiro atoms. The Kier molecular flexibility index (Phi) is 4.45. The van der Waals surface area contributed by atoms with Gasteiger partial charge in [-0.15, -0.1) is 13.2 Å². The number of carboxylic acid groups (broad SMARTS) is 1. The van der Waals surface area contributed by atoms with E-state index in [0.717, 1.165) is 23.3 Å². The highest BCUT2D eigenvalue weighted by atomic mass is 19.4. The Labute approximate surface area is 145 Å². The topological polar surface area (TPSA) is 78.9 Å². The molecule has 136 valence electrons. The number of anilines is 1. The molecule has 9 heteroatoms. The number of benzene rings is 2. The number of carbonyl (C=O) groups excluding carboxylic acids is 1. The molecule has 2 N–H and O–H groups in total. The van der Waals surface area contributed by atoms with Crippen molar-refractivity contribution in [1.82, 2.24) is 4.90 Å². The highest BCUT2D eigenvalue weighted by Gasteiger charge is 2.31. The van der Waals surface area contributed by atoms with Crippen LogP contribution in [0.2, 0.25) is 0 Å². The number of amides is 2. The predicted molar refractivity (Wildman–Crippen MR) is 84.8 cm³/mol. The van der Waals surface area contributed by atoms with Crippen LogP contribution in [0, 0.1) is 0 Å². The molecule has 0 unspecified atom stereocenters. The van der Waals surface area contributed by atoms with Crippen molar-refractivity contribution in [2.75, 3.05) is 5.32 Å². The minimum absolute atomic E-state index is 0.159. The number of carbonyl (C=O) groups is 2. The second-order valence-corrected chi connectivity index (χ2v) is 5.65. The Hall–Kier alpha value is -3.23. The van der Waals surface area contributed by atoms with E-state index >= 15 is 0 Å². The van der Waals surface area contributed by atoms with Crippen LogP contribution in [0.3, 0.4) is 0 Å². The normalized spacial score (nSPS) is 13.3.